The van der Waals surface area contributed by atoms with Crippen LogP contribution in [0, 0.1) is 17.3 Å². The van der Waals surface area contributed by atoms with Crippen LogP contribution in [0.1, 0.15) is 125 Å². The molecule has 3 aliphatic rings. The Labute approximate surface area is 300 Å². The average molecular weight is 722 g/mol. The van der Waals surface area contributed by atoms with Crippen LogP contribution in [-0.4, -0.2) is 90.6 Å². The number of urea groups is 1. The number of Topliss-reactive ketones (excluding diaryl/α,β-unsaturated/α-hetero) is 1. The van der Waals surface area contributed by atoms with Crippen molar-refractivity contribution in [3.63, 3.8) is 0 Å². The number of rotatable bonds is 15. The number of nitrogens with one attached hydrogen (secondary N) is 4. The normalized spacial score (nSPS) is 22.7. The molecule has 3 fully saturated rings. The summed E-state index contributed by atoms with van der Waals surface area (Å²) in [7, 11) is -3.46. The molecule has 0 aromatic carbocycles. The molecular weight excluding hydrogens is 659 g/mol. The predicted octanol–water partition coefficient (Wildman–Crippen LogP) is 4.18. The summed E-state index contributed by atoms with van der Waals surface area (Å²) >= 11 is 0. The first-order valence-electron chi connectivity index (χ1n) is 18.8. The number of nitrogens with zero attached hydrogens (tertiary/aromatic N) is 1. The Kier molecular flexibility index (Phi) is 14.9. The van der Waals surface area contributed by atoms with Gasteiger partial charge in [-0.3, -0.25) is 19.2 Å². The molecular formula is C37H63N5O7S. The lowest BCUT2D eigenvalue weighted by Gasteiger charge is -2.40. The zero-order valence-corrected chi connectivity index (χ0v) is 32.1. The Hall–Kier alpha value is -2.96. The van der Waals surface area contributed by atoms with Crippen LogP contribution >= 0.6 is 0 Å². The van der Waals surface area contributed by atoms with Crippen LogP contribution in [0.15, 0.2) is 12.7 Å². The first kappa shape index (κ1) is 41.5. The van der Waals surface area contributed by atoms with E-state index in [0.717, 1.165) is 51.4 Å². The fourth-order valence-corrected chi connectivity index (χ4v) is 9.49. The first-order valence-corrected chi connectivity index (χ1v) is 20.5. The third-order valence-corrected chi connectivity index (χ3v) is 13.4. The zero-order chi connectivity index (χ0) is 37.3. The Morgan fingerprint density at radius 2 is 1.56 bits per heavy atom. The number of hydrogen-bond donors (Lipinski definition) is 4. The van der Waals surface area contributed by atoms with E-state index in [-0.39, 0.29) is 41.9 Å². The van der Waals surface area contributed by atoms with Gasteiger partial charge in [0.05, 0.1) is 22.6 Å². The number of carbonyl (C=O) groups excluding carboxylic acids is 5. The third kappa shape index (κ3) is 10.8. The van der Waals surface area contributed by atoms with Gasteiger partial charge in [0, 0.05) is 13.1 Å². The maximum absolute atomic E-state index is 14.7. The molecule has 4 atom stereocenters. The van der Waals surface area contributed by atoms with E-state index >= 15 is 0 Å². The van der Waals surface area contributed by atoms with Crippen LogP contribution in [-0.2, 0) is 29.0 Å². The van der Waals surface area contributed by atoms with Crippen molar-refractivity contribution < 1.29 is 32.4 Å². The summed E-state index contributed by atoms with van der Waals surface area (Å²) in [5.74, 6) is -2.95. The van der Waals surface area contributed by atoms with Crippen molar-refractivity contribution in [3.05, 3.63) is 12.7 Å². The highest BCUT2D eigenvalue weighted by Gasteiger charge is 2.50. The SMILES string of the molecule is C=CCNC(=O)C(=O)C(CCC)NC(=O)C1C(C(C)(C)C)CCN1C(=O)[C@@H](NC(=O)NC1(CS(=O)(=O)C(C)C)CCCCC1)C1CCCCC1. The van der Waals surface area contributed by atoms with E-state index in [0.29, 0.717) is 32.2 Å². The largest absolute Gasteiger partial charge is 0.346 e. The van der Waals surface area contributed by atoms with Crippen LogP contribution in [0.2, 0.25) is 0 Å². The molecule has 5 amide bonds. The summed E-state index contributed by atoms with van der Waals surface area (Å²) in [5, 5.41) is 10.8. The summed E-state index contributed by atoms with van der Waals surface area (Å²) in [6.07, 6.45) is 10.8. The maximum Gasteiger partial charge on any atom is 0.315 e. The molecule has 0 bridgehead atoms. The van der Waals surface area contributed by atoms with Crippen molar-refractivity contribution in [3.8, 4) is 0 Å². The molecule has 3 rings (SSSR count). The summed E-state index contributed by atoms with van der Waals surface area (Å²) in [5.41, 5.74) is -1.29. The Morgan fingerprint density at radius 3 is 2.12 bits per heavy atom. The zero-order valence-electron chi connectivity index (χ0n) is 31.3. The fraction of sp³-hybridized carbons (Fsp3) is 0.811. The number of amides is 5. The Bertz CT molecular complexity index is 1330. The predicted molar refractivity (Wildman–Crippen MR) is 195 cm³/mol. The average Bonchev–Trinajstić information content (AvgIpc) is 3.52. The molecule has 50 heavy (non-hydrogen) atoms. The van der Waals surface area contributed by atoms with E-state index in [1.54, 1.807) is 18.7 Å². The Morgan fingerprint density at radius 1 is 0.940 bits per heavy atom. The molecule has 2 aliphatic carbocycles. The molecule has 13 heteroatoms. The molecule has 0 aromatic rings. The van der Waals surface area contributed by atoms with Crippen LogP contribution in [0.25, 0.3) is 0 Å². The van der Waals surface area contributed by atoms with Crippen molar-refractivity contribution in [1.82, 2.24) is 26.2 Å². The highest BCUT2D eigenvalue weighted by molar-refractivity contribution is 7.92. The van der Waals surface area contributed by atoms with Crippen molar-refractivity contribution in [2.24, 2.45) is 17.3 Å². The molecule has 12 nitrogen and oxygen atoms in total. The topological polar surface area (TPSA) is 171 Å². The van der Waals surface area contributed by atoms with Gasteiger partial charge in [-0.2, -0.15) is 0 Å². The van der Waals surface area contributed by atoms with Gasteiger partial charge in [-0.05, 0) is 69.6 Å². The van der Waals surface area contributed by atoms with E-state index in [2.05, 4.69) is 27.8 Å². The van der Waals surface area contributed by atoms with E-state index in [4.69, 9.17) is 0 Å². The fourth-order valence-electron chi connectivity index (χ4n) is 8.03. The highest BCUT2D eigenvalue weighted by Crippen LogP contribution is 2.40. The van der Waals surface area contributed by atoms with Gasteiger partial charge in [0.15, 0.2) is 9.84 Å². The number of hydrogen-bond acceptors (Lipinski definition) is 7. The third-order valence-electron chi connectivity index (χ3n) is 11.0. The summed E-state index contributed by atoms with van der Waals surface area (Å²) in [6.45, 7) is 15.2. The highest BCUT2D eigenvalue weighted by atomic mass is 32.2. The lowest BCUT2D eigenvalue weighted by Crippen LogP contribution is -2.63. The number of sulfone groups is 1. The van der Waals surface area contributed by atoms with Gasteiger partial charge in [-0.1, -0.05) is 78.7 Å². The molecule has 284 valence electrons. The number of carbonyl (C=O) groups is 5. The van der Waals surface area contributed by atoms with E-state index in [1.807, 2.05) is 27.7 Å². The van der Waals surface area contributed by atoms with Crippen molar-refractivity contribution in [2.75, 3.05) is 18.8 Å². The summed E-state index contributed by atoms with van der Waals surface area (Å²) < 4.78 is 26.1. The van der Waals surface area contributed by atoms with Gasteiger partial charge in [0.2, 0.25) is 17.6 Å². The summed E-state index contributed by atoms with van der Waals surface area (Å²) in [4.78, 5) is 70.0. The molecule has 2 saturated carbocycles. The Balaban J connectivity index is 1.92. The first-order chi connectivity index (χ1) is 23.5. The van der Waals surface area contributed by atoms with Crippen molar-refractivity contribution >= 4 is 39.4 Å². The second-order valence-electron chi connectivity index (χ2n) is 16.1. The molecule has 0 aromatic heterocycles. The lowest BCUT2D eigenvalue weighted by atomic mass is 9.75. The van der Waals surface area contributed by atoms with Crippen molar-refractivity contribution in [1.29, 1.82) is 0 Å². The van der Waals surface area contributed by atoms with E-state index in [9.17, 15) is 32.4 Å². The standard InChI is InChI=1S/C37H63N5O7S/c1-8-16-28(31(43)33(45)38-22-9-2)39-32(44)30-27(36(5,6)7)19-23-42(30)34(46)29(26-17-12-10-13-18-26)40-35(47)41-37(20-14-11-15-21-37)24-50(48,49)25(3)4/h9,25-30H,2,8,10-24H2,1,3-7H3,(H,38,45)(H,39,44)(H2,40,41,47)/t27?,28?,29-,30?/m0/s1. The summed E-state index contributed by atoms with van der Waals surface area (Å²) in [6, 6.07) is -3.45. The number of likely N-dealkylation sites (tertiary alicyclic amines) is 1. The van der Waals surface area contributed by atoms with Crippen molar-refractivity contribution in [2.45, 2.75) is 154 Å². The van der Waals surface area contributed by atoms with Gasteiger partial charge in [-0.25, -0.2) is 13.2 Å². The molecule has 0 radical (unpaired) electrons. The maximum atomic E-state index is 14.7. The molecule has 4 N–H and O–H groups in total. The van der Waals surface area contributed by atoms with Gasteiger partial charge in [-0.15, -0.1) is 6.58 Å². The smallest absolute Gasteiger partial charge is 0.315 e. The molecule has 1 aliphatic heterocycles. The van der Waals surface area contributed by atoms with Crippen LogP contribution in [0.3, 0.4) is 0 Å². The van der Waals surface area contributed by atoms with Gasteiger partial charge < -0.3 is 26.2 Å². The quantitative estimate of drug-likeness (QED) is 0.145. The number of ketones is 1. The van der Waals surface area contributed by atoms with Crippen LogP contribution in [0.5, 0.6) is 0 Å². The lowest BCUT2D eigenvalue weighted by molar-refractivity contribution is -0.144. The second kappa shape index (κ2) is 18.0. The minimum Gasteiger partial charge on any atom is -0.346 e. The molecule has 1 saturated heterocycles. The van der Waals surface area contributed by atoms with Crippen LogP contribution in [0.4, 0.5) is 4.79 Å². The van der Waals surface area contributed by atoms with E-state index in [1.165, 1.54) is 6.08 Å². The second-order valence-corrected chi connectivity index (χ2v) is 18.7. The molecule has 0 spiro atoms. The molecule has 3 unspecified atom stereocenters. The van der Waals surface area contributed by atoms with Gasteiger partial charge in [0.25, 0.3) is 5.91 Å². The monoisotopic (exact) mass is 721 g/mol. The van der Waals surface area contributed by atoms with Gasteiger partial charge >= 0.3 is 6.03 Å². The van der Waals surface area contributed by atoms with E-state index < -0.39 is 62.4 Å². The molecule has 1 heterocycles. The van der Waals surface area contributed by atoms with Gasteiger partial charge in [0.1, 0.15) is 12.1 Å². The minimum absolute atomic E-state index is 0.117. The minimum atomic E-state index is -3.46. The van der Waals surface area contributed by atoms with Crippen LogP contribution < -0.4 is 21.3 Å².